The van der Waals surface area contributed by atoms with Gasteiger partial charge in [-0.25, -0.2) is 0 Å². The van der Waals surface area contributed by atoms with Gasteiger partial charge in [0.25, 0.3) is 0 Å². The summed E-state index contributed by atoms with van der Waals surface area (Å²) in [6, 6.07) is 10.1. The summed E-state index contributed by atoms with van der Waals surface area (Å²) >= 11 is 0. The molecule has 0 unspecified atom stereocenters. The minimum absolute atomic E-state index is 0.239. The SMILES string of the molecule is O=C(NCc1ccccc1)C1CCCCC1. The lowest BCUT2D eigenvalue weighted by molar-refractivity contribution is -0.126. The Morgan fingerprint density at radius 1 is 1.12 bits per heavy atom. The molecule has 1 N–H and O–H groups in total. The lowest BCUT2D eigenvalue weighted by Gasteiger charge is -2.20. The maximum absolute atomic E-state index is 11.9. The Balaban J connectivity index is 1.79. The van der Waals surface area contributed by atoms with Crippen LogP contribution in [0.1, 0.15) is 37.7 Å². The molecule has 0 aliphatic heterocycles. The van der Waals surface area contributed by atoms with Gasteiger partial charge in [0, 0.05) is 12.5 Å². The van der Waals surface area contributed by atoms with Crippen LogP contribution < -0.4 is 5.32 Å². The standard InChI is InChI=1S/C14H19NO/c16-14(13-9-5-2-6-10-13)15-11-12-7-3-1-4-8-12/h1,3-4,7-8,13H,2,5-6,9-11H2,(H,15,16). The van der Waals surface area contributed by atoms with Crippen LogP contribution in [0.15, 0.2) is 30.3 Å². The van der Waals surface area contributed by atoms with Crippen molar-refractivity contribution in [2.75, 3.05) is 0 Å². The van der Waals surface area contributed by atoms with Crippen LogP contribution in [-0.2, 0) is 11.3 Å². The van der Waals surface area contributed by atoms with Crippen molar-refractivity contribution < 1.29 is 4.79 Å². The van der Waals surface area contributed by atoms with Gasteiger partial charge in [0.05, 0.1) is 0 Å². The average Bonchev–Trinajstić information content (AvgIpc) is 2.38. The van der Waals surface area contributed by atoms with E-state index in [0.717, 1.165) is 12.8 Å². The third-order valence-electron chi connectivity index (χ3n) is 3.29. The maximum atomic E-state index is 11.9. The number of benzene rings is 1. The maximum Gasteiger partial charge on any atom is 0.223 e. The van der Waals surface area contributed by atoms with Crippen molar-refractivity contribution in [3.05, 3.63) is 35.9 Å². The molecule has 2 rings (SSSR count). The van der Waals surface area contributed by atoms with Crippen LogP contribution in [0, 0.1) is 5.92 Å². The lowest BCUT2D eigenvalue weighted by atomic mass is 9.88. The molecule has 0 atom stereocenters. The topological polar surface area (TPSA) is 29.1 Å². The third-order valence-corrected chi connectivity index (χ3v) is 3.29. The summed E-state index contributed by atoms with van der Waals surface area (Å²) in [4.78, 5) is 11.9. The molecule has 0 aromatic heterocycles. The van der Waals surface area contributed by atoms with Crippen molar-refractivity contribution in [1.82, 2.24) is 5.32 Å². The molecule has 16 heavy (non-hydrogen) atoms. The van der Waals surface area contributed by atoms with E-state index in [1.54, 1.807) is 0 Å². The zero-order chi connectivity index (χ0) is 11.2. The van der Waals surface area contributed by atoms with Crippen LogP contribution in [-0.4, -0.2) is 5.91 Å². The molecule has 0 spiro atoms. The fourth-order valence-electron chi connectivity index (χ4n) is 2.29. The summed E-state index contributed by atoms with van der Waals surface area (Å²) < 4.78 is 0. The van der Waals surface area contributed by atoms with Crippen LogP contribution in [0.5, 0.6) is 0 Å². The number of carbonyl (C=O) groups is 1. The van der Waals surface area contributed by atoms with E-state index in [1.165, 1.54) is 24.8 Å². The number of hydrogen-bond donors (Lipinski definition) is 1. The summed E-state index contributed by atoms with van der Waals surface area (Å²) in [7, 11) is 0. The van der Waals surface area contributed by atoms with E-state index < -0.39 is 0 Å². The Morgan fingerprint density at radius 2 is 1.81 bits per heavy atom. The van der Waals surface area contributed by atoms with Crippen molar-refractivity contribution in [2.45, 2.75) is 38.6 Å². The number of nitrogens with one attached hydrogen (secondary N) is 1. The fraction of sp³-hybridized carbons (Fsp3) is 0.500. The van der Waals surface area contributed by atoms with Gasteiger partial charge in [-0.15, -0.1) is 0 Å². The van der Waals surface area contributed by atoms with Gasteiger partial charge in [-0.05, 0) is 18.4 Å². The van der Waals surface area contributed by atoms with E-state index in [9.17, 15) is 4.79 Å². The van der Waals surface area contributed by atoms with Crippen LogP contribution in [0.4, 0.5) is 0 Å². The van der Waals surface area contributed by atoms with Gasteiger partial charge in [0.15, 0.2) is 0 Å². The quantitative estimate of drug-likeness (QED) is 0.828. The van der Waals surface area contributed by atoms with Gasteiger partial charge in [-0.3, -0.25) is 4.79 Å². The molecule has 0 heterocycles. The molecular weight excluding hydrogens is 198 g/mol. The van der Waals surface area contributed by atoms with Crippen molar-refractivity contribution in [2.24, 2.45) is 5.92 Å². The minimum atomic E-state index is 0.239. The minimum Gasteiger partial charge on any atom is -0.352 e. The number of amides is 1. The Labute approximate surface area is 97.1 Å². The average molecular weight is 217 g/mol. The Hall–Kier alpha value is -1.31. The second-order valence-corrected chi connectivity index (χ2v) is 4.54. The Morgan fingerprint density at radius 3 is 2.50 bits per heavy atom. The smallest absolute Gasteiger partial charge is 0.223 e. The van der Waals surface area contributed by atoms with Crippen LogP contribution in [0.3, 0.4) is 0 Å². The van der Waals surface area contributed by atoms with E-state index in [1.807, 2.05) is 30.3 Å². The predicted molar refractivity (Wildman–Crippen MR) is 64.9 cm³/mol. The number of rotatable bonds is 3. The summed E-state index contributed by atoms with van der Waals surface area (Å²) in [5.74, 6) is 0.501. The molecule has 0 radical (unpaired) electrons. The van der Waals surface area contributed by atoms with Crippen LogP contribution >= 0.6 is 0 Å². The zero-order valence-corrected chi connectivity index (χ0v) is 9.61. The van der Waals surface area contributed by atoms with Crippen molar-refractivity contribution in [3.63, 3.8) is 0 Å². The molecule has 1 aromatic carbocycles. The number of carbonyl (C=O) groups excluding carboxylic acids is 1. The van der Waals surface area contributed by atoms with Crippen molar-refractivity contribution in [1.29, 1.82) is 0 Å². The third kappa shape index (κ3) is 3.09. The van der Waals surface area contributed by atoms with E-state index >= 15 is 0 Å². The van der Waals surface area contributed by atoms with E-state index in [0.29, 0.717) is 6.54 Å². The largest absolute Gasteiger partial charge is 0.352 e. The highest BCUT2D eigenvalue weighted by Gasteiger charge is 2.20. The van der Waals surface area contributed by atoms with Crippen LogP contribution in [0.25, 0.3) is 0 Å². The Bertz CT molecular complexity index is 328. The van der Waals surface area contributed by atoms with Gasteiger partial charge in [-0.2, -0.15) is 0 Å². The van der Waals surface area contributed by atoms with Gasteiger partial charge in [0.1, 0.15) is 0 Å². The first-order valence-electron chi connectivity index (χ1n) is 6.18. The van der Waals surface area contributed by atoms with Gasteiger partial charge < -0.3 is 5.32 Å². The first-order chi connectivity index (χ1) is 7.86. The summed E-state index contributed by atoms with van der Waals surface area (Å²) in [5.41, 5.74) is 1.17. The number of hydrogen-bond acceptors (Lipinski definition) is 1. The fourth-order valence-corrected chi connectivity index (χ4v) is 2.29. The molecule has 0 bridgehead atoms. The second-order valence-electron chi connectivity index (χ2n) is 4.54. The van der Waals surface area contributed by atoms with Gasteiger partial charge in [0.2, 0.25) is 5.91 Å². The highest BCUT2D eigenvalue weighted by atomic mass is 16.1. The highest BCUT2D eigenvalue weighted by molar-refractivity contribution is 5.78. The molecule has 86 valence electrons. The first-order valence-corrected chi connectivity index (χ1v) is 6.18. The zero-order valence-electron chi connectivity index (χ0n) is 9.61. The molecule has 0 saturated heterocycles. The second kappa shape index (κ2) is 5.69. The molecule has 2 heteroatoms. The predicted octanol–water partition coefficient (Wildman–Crippen LogP) is 2.88. The van der Waals surface area contributed by atoms with Crippen molar-refractivity contribution >= 4 is 5.91 Å². The summed E-state index contributed by atoms with van der Waals surface area (Å²) in [6.45, 7) is 0.663. The van der Waals surface area contributed by atoms with E-state index in [-0.39, 0.29) is 11.8 Å². The molecular formula is C14H19NO. The molecule has 1 aliphatic rings. The van der Waals surface area contributed by atoms with E-state index in [4.69, 9.17) is 0 Å². The summed E-state index contributed by atoms with van der Waals surface area (Å²) in [6.07, 6.45) is 5.86. The Kier molecular flexibility index (Phi) is 3.97. The molecule has 1 aromatic rings. The molecule has 1 amide bonds. The van der Waals surface area contributed by atoms with E-state index in [2.05, 4.69) is 5.32 Å². The first kappa shape index (κ1) is 11.2. The lowest BCUT2D eigenvalue weighted by Crippen LogP contribution is -2.31. The normalized spacial score (nSPS) is 17.0. The van der Waals surface area contributed by atoms with Gasteiger partial charge >= 0.3 is 0 Å². The molecule has 1 saturated carbocycles. The van der Waals surface area contributed by atoms with Crippen LogP contribution in [0.2, 0.25) is 0 Å². The molecule has 1 aliphatic carbocycles. The molecule has 1 fully saturated rings. The monoisotopic (exact) mass is 217 g/mol. The molecule has 2 nitrogen and oxygen atoms in total. The van der Waals surface area contributed by atoms with Crippen molar-refractivity contribution in [3.8, 4) is 0 Å². The summed E-state index contributed by atoms with van der Waals surface area (Å²) in [5, 5.41) is 3.03. The van der Waals surface area contributed by atoms with Gasteiger partial charge in [-0.1, -0.05) is 49.6 Å². The highest BCUT2D eigenvalue weighted by Crippen LogP contribution is 2.23.